The largest absolute Gasteiger partial charge is 0.356 e. The topological polar surface area (TPSA) is 59.3 Å². The number of alkyl halides is 2. The van der Waals surface area contributed by atoms with Crippen molar-refractivity contribution in [2.75, 3.05) is 49.1 Å². The molecule has 6 nitrogen and oxygen atoms in total. The third-order valence-corrected chi connectivity index (χ3v) is 5.73. The summed E-state index contributed by atoms with van der Waals surface area (Å²) in [7, 11) is 0. The lowest BCUT2D eigenvalue weighted by Crippen LogP contribution is -2.46. The molecule has 3 heterocycles. The van der Waals surface area contributed by atoms with Gasteiger partial charge >= 0.3 is 0 Å². The summed E-state index contributed by atoms with van der Waals surface area (Å²) < 4.78 is 41.0. The fourth-order valence-corrected chi connectivity index (χ4v) is 3.87. The first-order valence-electron chi connectivity index (χ1n) is 10.0. The summed E-state index contributed by atoms with van der Waals surface area (Å²) in [6.07, 6.45) is 1.17. The summed E-state index contributed by atoms with van der Waals surface area (Å²) >= 11 is 0. The Labute approximate surface area is 173 Å². The quantitative estimate of drug-likeness (QED) is 0.764. The molecular weight excluding hydrogens is 393 g/mol. The molecular formula is C21H23F3N6. The molecule has 9 heteroatoms. The zero-order chi connectivity index (χ0) is 21.1. The van der Waals surface area contributed by atoms with Crippen LogP contribution in [0, 0.1) is 17.1 Å². The van der Waals surface area contributed by atoms with E-state index < -0.39 is 5.92 Å². The fraction of sp³-hybridized carbons (Fsp3) is 0.476. The van der Waals surface area contributed by atoms with Gasteiger partial charge in [-0.2, -0.15) is 5.26 Å². The van der Waals surface area contributed by atoms with Gasteiger partial charge in [0, 0.05) is 70.3 Å². The minimum absolute atomic E-state index is 0.156. The highest BCUT2D eigenvalue weighted by Gasteiger charge is 2.34. The smallest absolute Gasteiger partial charge is 0.251 e. The third kappa shape index (κ3) is 4.65. The van der Waals surface area contributed by atoms with Gasteiger partial charge in [-0.05, 0) is 12.1 Å². The van der Waals surface area contributed by atoms with Crippen LogP contribution < -0.4 is 9.80 Å². The number of aromatic nitrogens is 2. The number of halogens is 3. The lowest BCUT2D eigenvalue weighted by molar-refractivity contribution is -0.0221. The van der Waals surface area contributed by atoms with Crippen molar-refractivity contribution in [2.24, 2.45) is 0 Å². The minimum Gasteiger partial charge on any atom is -0.356 e. The fourth-order valence-electron chi connectivity index (χ4n) is 3.87. The number of hydrogen-bond acceptors (Lipinski definition) is 6. The van der Waals surface area contributed by atoms with Crippen LogP contribution in [0.25, 0.3) is 0 Å². The Morgan fingerprint density at radius 2 is 1.57 bits per heavy atom. The summed E-state index contributed by atoms with van der Waals surface area (Å²) in [6.45, 7) is 4.01. The highest BCUT2D eigenvalue weighted by atomic mass is 19.3. The van der Waals surface area contributed by atoms with Crippen molar-refractivity contribution in [3.63, 3.8) is 0 Å². The van der Waals surface area contributed by atoms with Crippen LogP contribution in [0.15, 0.2) is 30.6 Å². The molecule has 4 rings (SSSR count). The van der Waals surface area contributed by atoms with Crippen LogP contribution in [-0.2, 0) is 6.54 Å². The van der Waals surface area contributed by atoms with Crippen LogP contribution >= 0.6 is 0 Å². The van der Waals surface area contributed by atoms with E-state index >= 15 is 0 Å². The Morgan fingerprint density at radius 3 is 2.17 bits per heavy atom. The van der Waals surface area contributed by atoms with Gasteiger partial charge in [0.15, 0.2) is 0 Å². The van der Waals surface area contributed by atoms with Crippen molar-refractivity contribution in [3.8, 4) is 6.07 Å². The van der Waals surface area contributed by atoms with Crippen molar-refractivity contribution in [2.45, 2.75) is 25.3 Å². The number of nitriles is 1. The Balaban J connectivity index is 1.35. The van der Waals surface area contributed by atoms with Crippen LogP contribution in [-0.4, -0.2) is 60.1 Å². The highest BCUT2D eigenvalue weighted by Crippen LogP contribution is 2.30. The van der Waals surface area contributed by atoms with Gasteiger partial charge in [0.1, 0.15) is 23.8 Å². The van der Waals surface area contributed by atoms with E-state index in [1.165, 1.54) is 12.4 Å². The van der Waals surface area contributed by atoms with Gasteiger partial charge in [0.2, 0.25) is 0 Å². The average Bonchev–Trinajstić information content (AvgIpc) is 2.76. The molecule has 2 saturated heterocycles. The SMILES string of the molecule is N#Cc1ccc(CN2CCN(c3cc(N4CCC(F)(F)CC4)ncn3)CC2)c(F)c1. The van der Waals surface area contributed by atoms with Gasteiger partial charge in [0.25, 0.3) is 5.92 Å². The molecule has 0 saturated carbocycles. The average molecular weight is 416 g/mol. The van der Waals surface area contributed by atoms with Gasteiger partial charge in [-0.15, -0.1) is 0 Å². The van der Waals surface area contributed by atoms with E-state index in [1.54, 1.807) is 12.1 Å². The van der Waals surface area contributed by atoms with E-state index in [2.05, 4.69) is 19.8 Å². The predicted molar refractivity (Wildman–Crippen MR) is 107 cm³/mol. The minimum atomic E-state index is -2.59. The van der Waals surface area contributed by atoms with Gasteiger partial charge in [-0.3, -0.25) is 4.90 Å². The second kappa shape index (κ2) is 8.48. The number of piperidine rings is 1. The van der Waals surface area contributed by atoms with E-state index in [4.69, 9.17) is 5.26 Å². The summed E-state index contributed by atoms with van der Waals surface area (Å²) in [6, 6.07) is 8.37. The monoisotopic (exact) mass is 416 g/mol. The molecule has 0 aliphatic carbocycles. The second-order valence-electron chi connectivity index (χ2n) is 7.76. The Hall–Kier alpha value is -2.86. The lowest BCUT2D eigenvalue weighted by atomic mass is 10.1. The molecule has 2 aliphatic heterocycles. The Bertz CT molecular complexity index is 927. The van der Waals surface area contributed by atoms with Crippen LogP contribution in [0.3, 0.4) is 0 Å². The summed E-state index contributed by atoms with van der Waals surface area (Å²) in [5.74, 6) is -1.49. The van der Waals surface area contributed by atoms with E-state index in [0.717, 1.165) is 32.0 Å². The van der Waals surface area contributed by atoms with Crippen molar-refractivity contribution >= 4 is 11.6 Å². The maximum Gasteiger partial charge on any atom is 0.251 e. The van der Waals surface area contributed by atoms with Crippen molar-refractivity contribution in [3.05, 3.63) is 47.5 Å². The van der Waals surface area contributed by atoms with Crippen LogP contribution in [0.2, 0.25) is 0 Å². The molecule has 2 aliphatic rings. The van der Waals surface area contributed by atoms with Crippen LogP contribution in [0.5, 0.6) is 0 Å². The van der Waals surface area contributed by atoms with Gasteiger partial charge in [-0.1, -0.05) is 6.07 Å². The van der Waals surface area contributed by atoms with E-state index in [0.29, 0.717) is 23.5 Å². The van der Waals surface area contributed by atoms with Gasteiger partial charge < -0.3 is 9.80 Å². The predicted octanol–water partition coefficient (Wildman–Crippen LogP) is 3.05. The van der Waals surface area contributed by atoms with Gasteiger partial charge in [0.05, 0.1) is 11.6 Å². The summed E-state index contributed by atoms with van der Waals surface area (Å²) in [4.78, 5) is 14.8. The number of rotatable bonds is 4. The molecule has 0 unspecified atom stereocenters. The number of benzene rings is 1. The first-order valence-corrected chi connectivity index (χ1v) is 10.0. The number of piperazine rings is 1. The molecule has 2 aromatic rings. The number of nitrogens with zero attached hydrogens (tertiary/aromatic N) is 6. The molecule has 0 radical (unpaired) electrons. The summed E-state index contributed by atoms with van der Waals surface area (Å²) in [5.41, 5.74) is 0.895. The normalized spacial score (nSPS) is 19.5. The second-order valence-corrected chi connectivity index (χ2v) is 7.76. The molecule has 1 aromatic heterocycles. The molecule has 1 aromatic carbocycles. The Morgan fingerprint density at radius 1 is 0.933 bits per heavy atom. The van der Waals surface area contributed by atoms with Gasteiger partial charge in [-0.25, -0.2) is 23.1 Å². The number of hydrogen-bond donors (Lipinski definition) is 0. The third-order valence-electron chi connectivity index (χ3n) is 5.73. The molecule has 0 amide bonds. The standard InChI is InChI=1S/C21H23F3N6/c22-18-11-16(13-25)1-2-17(18)14-28-7-9-30(10-8-28)20-12-19(26-15-27-20)29-5-3-21(23,24)4-6-29/h1-2,11-12,15H,3-10,14H2. The summed E-state index contributed by atoms with van der Waals surface area (Å²) in [5, 5.41) is 8.86. The van der Waals surface area contributed by atoms with Crippen molar-refractivity contribution in [1.29, 1.82) is 5.26 Å². The van der Waals surface area contributed by atoms with E-state index in [1.807, 2.05) is 17.0 Å². The molecule has 0 bridgehead atoms. The highest BCUT2D eigenvalue weighted by molar-refractivity contribution is 5.50. The zero-order valence-electron chi connectivity index (χ0n) is 16.6. The van der Waals surface area contributed by atoms with E-state index in [9.17, 15) is 13.2 Å². The van der Waals surface area contributed by atoms with Crippen molar-refractivity contribution in [1.82, 2.24) is 14.9 Å². The molecule has 2 fully saturated rings. The molecule has 0 atom stereocenters. The van der Waals surface area contributed by atoms with Crippen molar-refractivity contribution < 1.29 is 13.2 Å². The first-order chi connectivity index (χ1) is 14.4. The molecule has 30 heavy (non-hydrogen) atoms. The first kappa shape index (κ1) is 20.4. The zero-order valence-corrected chi connectivity index (χ0v) is 16.6. The number of anilines is 2. The molecule has 0 N–H and O–H groups in total. The van der Waals surface area contributed by atoms with E-state index in [-0.39, 0.29) is 31.7 Å². The Kier molecular flexibility index (Phi) is 5.77. The lowest BCUT2D eigenvalue weighted by Gasteiger charge is -2.36. The van der Waals surface area contributed by atoms with Crippen LogP contribution in [0.1, 0.15) is 24.0 Å². The maximum atomic E-state index is 14.1. The maximum absolute atomic E-state index is 14.1. The van der Waals surface area contributed by atoms with Crippen LogP contribution in [0.4, 0.5) is 24.8 Å². The molecule has 158 valence electrons. The molecule has 0 spiro atoms.